The van der Waals surface area contributed by atoms with Crippen molar-refractivity contribution in [2.24, 2.45) is 0 Å². The second kappa shape index (κ2) is 18.9. The van der Waals surface area contributed by atoms with Gasteiger partial charge in [-0.15, -0.1) is 93.5 Å². The maximum absolute atomic E-state index is 5.89. The van der Waals surface area contributed by atoms with Crippen LogP contribution in [0.4, 0.5) is 0 Å². The van der Waals surface area contributed by atoms with Gasteiger partial charge < -0.3 is 4.74 Å². The van der Waals surface area contributed by atoms with Gasteiger partial charge >= 0.3 is 0 Å². The Balaban J connectivity index is 3.96. The number of thioether (sulfide) groups is 4. The predicted molar refractivity (Wildman–Crippen MR) is 111 cm³/mol. The number of halogens is 4. The van der Waals surface area contributed by atoms with Gasteiger partial charge in [-0.2, -0.15) is 0 Å². The lowest BCUT2D eigenvalue weighted by Gasteiger charge is -2.19. The van der Waals surface area contributed by atoms with Crippen LogP contribution < -0.4 is 0 Å². The van der Waals surface area contributed by atoms with Crippen LogP contribution in [-0.2, 0) is 4.74 Å². The minimum atomic E-state index is 0.402. The van der Waals surface area contributed by atoms with E-state index in [2.05, 4.69) is 0 Å². The largest absolute Gasteiger partial charge is 0.377 e. The maximum atomic E-state index is 5.89. The third-order valence-electron chi connectivity index (χ3n) is 2.03. The fraction of sp³-hybridized carbons (Fsp3) is 1.00. The van der Waals surface area contributed by atoms with Crippen LogP contribution in [0.25, 0.3) is 0 Å². The quantitative estimate of drug-likeness (QED) is 0.224. The molecular weight excluding hydrogens is 430 g/mol. The molecule has 0 atom stereocenters. The van der Waals surface area contributed by atoms with Crippen molar-refractivity contribution in [3.8, 4) is 0 Å². The van der Waals surface area contributed by atoms with E-state index < -0.39 is 0 Å². The Hall–Kier alpha value is 2.52. The zero-order valence-corrected chi connectivity index (χ0v) is 18.1. The van der Waals surface area contributed by atoms with Gasteiger partial charge in [-0.3, -0.25) is 0 Å². The topological polar surface area (TPSA) is 9.23 Å². The summed E-state index contributed by atoms with van der Waals surface area (Å²) in [5.74, 6) is 6.44. The molecule has 9 heteroatoms. The van der Waals surface area contributed by atoms with Gasteiger partial charge in [0, 0.05) is 46.5 Å². The van der Waals surface area contributed by atoms with Gasteiger partial charge in [-0.1, -0.05) is 0 Å². The summed E-state index contributed by atoms with van der Waals surface area (Å²) in [6, 6.07) is 0. The Kier molecular flexibility index (Phi) is 21.1. The Morgan fingerprint density at radius 3 is 1.10 bits per heavy atom. The standard InChI is InChI=1S/C12H22Cl4OS4/c13-1-5-18-11(19-6-2-14)9-17-10-12(20-7-3-15)21-8-4-16/h11-12H,1-10H2. The van der Waals surface area contributed by atoms with Crippen LogP contribution in [0.1, 0.15) is 0 Å². The third kappa shape index (κ3) is 15.8. The first-order chi connectivity index (χ1) is 10.3. The molecule has 0 aliphatic carbocycles. The average Bonchev–Trinajstić information content (AvgIpc) is 2.51. The molecule has 0 bridgehead atoms. The minimum Gasteiger partial charge on any atom is -0.377 e. The summed E-state index contributed by atoms with van der Waals surface area (Å²) in [4.78, 5) is 0. The Morgan fingerprint density at radius 2 is 0.857 bits per heavy atom. The highest BCUT2D eigenvalue weighted by Crippen LogP contribution is 2.27. The van der Waals surface area contributed by atoms with E-state index in [1.165, 1.54) is 0 Å². The Labute approximate surface area is 166 Å². The third-order valence-corrected chi connectivity index (χ3v) is 9.11. The van der Waals surface area contributed by atoms with Crippen molar-refractivity contribution < 1.29 is 4.74 Å². The highest BCUT2D eigenvalue weighted by molar-refractivity contribution is 8.17. The molecule has 0 aromatic heterocycles. The smallest absolute Gasteiger partial charge is 0.0736 e. The summed E-state index contributed by atoms with van der Waals surface area (Å²) in [7, 11) is 0. The van der Waals surface area contributed by atoms with Gasteiger partial charge in [-0.25, -0.2) is 0 Å². The minimum absolute atomic E-state index is 0.402. The SMILES string of the molecule is ClCCSC(COCC(SCCCl)SCCCl)SCCCl. The highest BCUT2D eigenvalue weighted by Gasteiger charge is 2.13. The first kappa shape index (κ1) is 23.5. The lowest BCUT2D eigenvalue weighted by molar-refractivity contribution is 0.159. The van der Waals surface area contributed by atoms with Gasteiger partial charge in [0.1, 0.15) is 0 Å². The van der Waals surface area contributed by atoms with E-state index in [1.807, 2.05) is 47.0 Å². The van der Waals surface area contributed by atoms with E-state index in [-0.39, 0.29) is 0 Å². The maximum Gasteiger partial charge on any atom is 0.0736 e. The molecule has 0 radical (unpaired) electrons. The highest BCUT2D eigenvalue weighted by atomic mass is 35.5. The second-order valence-electron chi connectivity index (χ2n) is 3.64. The number of rotatable bonds is 16. The molecule has 0 heterocycles. The molecule has 0 saturated heterocycles. The molecule has 128 valence electrons. The first-order valence-electron chi connectivity index (χ1n) is 6.56. The summed E-state index contributed by atoms with van der Waals surface area (Å²) in [5, 5.41) is 0. The molecule has 0 aliphatic rings. The molecule has 1 nitrogen and oxygen atoms in total. The van der Waals surface area contributed by atoms with Crippen LogP contribution in [0.15, 0.2) is 0 Å². The molecule has 0 aromatic rings. The zero-order valence-electron chi connectivity index (χ0n) is 11.8. The van der Waals surface area contributed by atoms with Crippen LogP contribution in [0.2, 0.25) is 0 Å². The van der Waals surface area contributed by atoms with Crippen molar-refractivity contribution in [1.82, 2.24) is 0 Å². The van der Waals surface area contributed by atoms with E-state index in [0.29, 0.717) is 32.7 Å². The normalized spacial score (nSPS) is 11.7. The summed E-state index contributed by atoms with van der Waals surface area (Å²) in [5.41, 5.74) is 0. The van der Waals surface area contributed by atoms with Gasteiger partial charge in [0.2, 0.25) is 0 Å². The molecule has 0 rings (SSSR count). The summed E-state index contributed by atoms with van der Waals surface area (Å²) in [6.45, 7) is 1.45. The molecule has 0 saturated carbocycles. The van der Waals surface area contributed by atoms with Crippen molar-refractivity contribution in [2.45, 2.75) is 9.16 Å². The molecule has 0 N–H and O–H groups in total. The lowest BCUT2D eigenvalue weighted by atomic mass is 10.8. The number of hydrogen-bond donors (Lipinski definition) is 0. The molecule has 21 heavy (non-hydrogen) atoms. The average molecular weight is 452 g/mol. The fourth-order valence-electron chi connectivity index (χ4n) is 1.25. The van der Waals surface area contributed by atoms with E-state index in [4.69, 9.17) is 51.1 Å². The number of alkyl halides is 4. The summed E-state index contributed by atoms with van der Waals surface area (Å²) < 4.78 is 6.69. The van der Waals surface area contributed by atoms with Crippen LogP contribution in [0.3, 0.4) is 0 Å². The van der Waals surface area contributed by atoms with Crippen LogP contribution >= 0.6 is 93.5 Å². The Bertz CT molecular complexity index is 182. The van der Waals surface area contributed by atoms with Gasteiger partial charge in [-0.05, 0) is 0 Å². The van der Waals surface area contributed by atoms with Crippen LogP contribution in [-0.4, -0.2) is 68.9 Å². The molecular formula is C12H22Cl4OS4. The molecule has 0 fully saturated rings. The molecule has 0 aromatic carbocycles. The van der Waals surface area contributed by atoms with Crippen molar-refractivity contribution in [2.75, 3.05) is 59.7 Å². The van der Waals surface area contributed by atoms with Crippen LogP contribution in [0, 0.1) is 0 Å². The van der Waals surface area contributed by atoms with Crippen molar-refractivity contribution in [1.29, 1.82) is 0 Å². The molecule has 0 unspecified atom stereocenters. The number of hydrogen-bond acceptors (Lipinski definition) is 5. The van der Waals surface area contributed by atoms with Gasteiger partial charge in [0.25, 0.3) is 0 Å². The predicted octanol–water partition coefficient (Wildman–Crippen LogP) is 5.54. The second-order valence-corrected chi connectivity index (χ2v) is 11.0. The van der Waals surface area contributed by atoms with Crippen molar-refractivity contribution in [3.05, 3.63) is 0 Å². The monoisotopic (exact) mass is 450 g/mol. The van der Waals surface area contributed by atoms with Gasteiger partial charge in [0.05, 0.1) is 22.4 Å². The first-order valence-corrected chi connectivity index (χ1v) is 12.9. The Morgan fingerprint density at radius 1 is 0.571 bits per heavy atom. The lowest BCUT2D eigenvalue weighted by Crippen LogP contribution is -2.16. The zero-order chi connectivity index (χ0) is 15.8. The van der Waals surface area contributed by atoms with E-state index in [1.54, 1.807) is 0 Å². The number of ether oxygens (including phenoxy) is 1. The van der Waals surface area contributed by atoms with E-state index in [9.17, 15) is 0 Å². The fourth-order valence-corrected chi connectivity index (χ4v) is 6.42. The molecule has 0 amide bonds. The van der Waals surface area contributed by atoms with Gasteiger partial charge in [0.15, 0.2) is 0 Å². The summed E-state index contributed by atoms with van der Waals surface area (Å²) >= 11 is 30.4. The van der Waals surface area contributed by atoms with Crippen molar-refractivity contribution >= 4 is 93.5 Å². The van der Waals surface area contributed by atoms with Crippen molar-refractivity contribution in [3.63, 3.8) is 0 Å². The van der Waals surface area contributed by atoms with Crippen LogP contribution in [0.5, 0.6) is 0 Å². The van der Waals surface area contributed by atoms with E-state index >= 15 is 0 Å². The summed E-state index contributed by atoms with van der Waals surface area (Å²) in [6.07, 6.45) is 0. The molecule has 0 aliphatic heterocycles. The molecule has 0 spiro atoms. The van der Waals surface area contributed by atoms with E-state index in [0.717, 1.165) is 36.2 Å².